The Morgan fingerprint density at radius 1 is 1.12 bits per heavy atom. The Kier molecular flexibility index (Phi) is 6.83. The highest BCUT2D eigenvalue weighted by Crippen LogP contribution is 2.49. The van der Waals surface area contributed by atoms with Gasteiger partial charge in [0.05, 0.1) is 10.5 Å². The Morgan fingerprint density at radius 2 is 1.72 bits per heavy atom. The fraction of sp³-hybridized carbons (Fsp3) is 0.500. The van der Waals surface area contributed by atoms with Gasteiger partial charge in [-0.05, 0) is 80.0 Å². The first-order chi connectivity index (χ1) is 14.9. The summed E-state index contributed by atoms with van der Waals surface area (Å²) >= 11 is 0. The zero-order valence-corrected chi connectivity index (χ0v) is 17.9. The molecule has 32 heavy (non-hydrogen) atoms. The number of allylic oxidation sites excluding steroid dienone is 3. The van der Waals surface area contributed by atoms with E-state index in [0.29, 0.717) is 18.6 Å². The number of carboxylic acids is 1. The molecule has 10 heteroatoms. The molecule has 0 aliphatic heterocycles. The van der Waals surface area contributed by atoms with Crippen molar-refractivity contribution in [3.8, 4) is 0 Å². The lowest BCUT2D eigenvalue weighted by Gasteiger charge is -2.42. The summed E-state index contributed by atoms with van der Waals surface area (Å²) in [5, 5.41) is 8.89. The molecule has 0 heterocycles. The summed E-state index contributed by atoms with van der Waals surface area (Å²) in [5.74, 6) is -1.83. The molecule has 2 aliphatic carbocycles. The number of carbonyl (C=O) groups is 1. The largest absolute Gasteiger partial charge is 0.481 e. The molecule has 0 saturated heterocycles. The average Bonchev–Trinajstić information content (AvgIpc) is 2.73. The molecule has 1 N–H and O–H groups in total. The molecule has 1 saturated carbocycles. The summed E-state index contributed by atoms with van der Waals surface area (Å²) in [6.07, 6.45) is -4.15. The number of carboxylic acid groups (broad SMARTS) is 1. The van der Waals surface area contributed by atoms with Gasteiger partial charge in [0.2, 0.25) is 0 Å². The topological polar surface area (TPSA) is 71.4 Å². The quantitative estimate of drug-likeness (QED) is 0.525. The zero-order valence-electron chi connectivity index (χ0n) is 17.0. The van der Waals surface area contributed by atoms with Crippen molar-refractivity contribution < 1.29 is 40.3 Å². The zero-order chi connectivity index (χ0) is 23.7. The van der Waals surface area contributed by atoms with E-state index in [1.165, 1.54) is 0 Å². The van der Waals surface area contributed by atoms with Crippen LogP contribution in [0.15, 0.2) is 52.7 Å². The first-order valence-corrected chi connectivity index (χ1v) is 11.7. The normalized spacial score (nSPS) is 26.9. The molecule has 3 rings (SSSR count). The highest BCUT2D eigenvalue weighted by Gasteiger charge is 2.52. The summed E-state index contributed by atoms with van der Waals surface area (Å²) in [6, 6.07) is 3.00. The lowest BCUT2D eigenvalue weighted by atomic mass is 9.74. The molecule has 4 nitrogen and oxygen atoms in total. The van der Waals surface area contributed by atoms with E-state index < -0.39 is 49.2 Å². The standard InChI is InChI=1S/C22H23F5O4S/c23-16-4-7-19(24)18(13-16)21(11-9-14(10-12-21)1-8-20(28)29)32(30,31)17-5-2-15(3-6-17)22(25,26)27/h2-6,13-14,19H,1,7-12H2,(H,28,29). The Morgan fingerprint density at radius 3 is 2.25 bits per heavy atom. The van der Waals surface area contributed by atoms with Crippen molar-refractivity contribution in [1.82, 2.24) is 0 Å². The number of hydrogen-bond acceptors (Lipinski definition) is 3. The smallest absolute Gasteiger partial charge is 0.416 e. The molecular weight excluding hydrogens is 455 g/mol. The molecule has 0 spiro atoms. The Hall–Kier alpha value is -2.23. The minimum atomic E-state index is -4.65. The molecule has 0 aromatic heterocycles. The number of aliphatic carboxylic acids is 1. The molecule has 1 aromatic rings. The van der Waals surface area contributed by atoms with Gasteiger partial charge in [0.25, 0.3) is 0 Å². The van der Waals surface area contributed by atoms with Gasteiger partial charge in [0.1, 0.15) is 16.7 Å². The predicted molar refractivity (Wildman–Crippen MR) is 107 cm³/mol. The van der Waals surface area contributed by atoms with Gasteiger partial charge in [-0.2, -0.15) is 13.2 Å². The van der Waals surface area contributed by atoms with Gasteiger partial charge in [-0.1, -0.05) is 0 Å². The summed E-state index contributed by atoms with van der Waals surface area (Å²) in [6.45, 7) is 0. The van der Waals surface area contributed by atoms with Crippen LogP contribution in [0.2, 0.25) is 0 Å². The van der Waals surface area contributed by atoms with Crippen LogP contribution in [-0.4, -0.2) is 30.4 Å². The third-order valence-electron chi connectivity index (χ3n) is 6.36. The van der Waals surface area contributed by atoms with Gasteiger partial charge >= 0.3 is 12.1 Å². The first-order valence-electron chi connectivity index (χ1n) is 10.2. The second-order valence-electron chi connectivity index (χ2n) is 8.29. The molecule has 0 amide bonds. The van der Waals surface area contributed by atoms with Crippen LogP contribution in [0.3, 0.4) is 0 Å². The highest BCUT2D eigenvalue weighted by atomic mass is 32.2. The summed E-state index contributed by atoms with van der Waals surface area (Å²) in [4.78, 5) is 10.5. The van der Waals surface area contributed by atoms with E-state index in [-0.39, 0.29) is 50.0 Å². The van der Waals surface area contributed by atoms with Crippen molar-refractivity contribution in [3.63, 3.8) is 0 Å². The molecule has 1 fully saturated rings. The van der Waals surface area contributed by atoms with Crippen LogP contribution >= 0.6 is 0 Å². The molecule has 0 radical (unpaired) electrons. The fourth-order valence-corrected chi connectivity index (χ4v) is 6.80. The van der Waals surface area contributed by atoms with Crippen LogP contribution in [0.4, 0.5) is 22.0 Å². The third kappa shape index (κ3) is 4.74. The van der Waals surface area contributed by atoms with E-state index in [1.807, 2.05) is 0 Å². The third-order valence-corrected chi connectivity index (χ3v) is 8.93. The maximum absolute atomic E-state index is 14.9. The lowest BCUT2D eigenvalue weighted by molar-refractivity contribution is -0.138. The van der Waals surface area contributed by atoms with E-state index in [9.17, 15) is 35.2 Å². The van der Waals surface area contributed by atoms with Gasteiger partial charge in [0, 0.05) is 12.8 Å². The highest BCUT2D eigenvalue weighted by molar-refractivity contribution is 7.93. The van der Waals surface area contributed by atoms with E-state index in [1.54, 1.807) is 0 Å². The number of halogens is 5. The predicted octanol–water partition coefficient (Wildman–Crippen LogP) is 5.79. The Labute approximate surface area is 182 Å². The summed E-state index contributed by atoms with van der Waals surface area (Å²) in [7, 11) is -4.38. The molecule has 176 valence electrons. The van der Waals surface area contributed by atoms with E-state index in [0.717, 1.165) is 24.3 Å². The second kappa shape index (κ2) is 8.96. The number of benzene rings is 1. The number of hydrogen-bond donors (Lipinski definition) is 1. The fourth-order valence-electron chi connectivity index (χ4n) is 4.58. The number of sulfone groups is 1. The van der Waals surface area contributed by atoms with E-state index in [4.69, 9.17) is 5.11 Å². The molecule has 1 atom stereocenters. The summed E-state index contributed by atoms with van der Waals surface area (Å²) in [5.41, 5.74) is -1.24. The molecule has 0 bridgehead atoms. The average molecular weight is 478 g/mol. The van der Waals surface area contributed by atoms with Gasteiger partial charge in [-0.3, -0.25) is 4.79 Å². The minimum absolute atomic E-state index is 0.0693. The molecule has 1 aromatic carbocycles. The molecule has 1 unspecified atom stereocenters. The maximum Gasteiger partial charge on any atom is 0.416 e. The SMILES string of the molecule is O=C(O)CCC1CCC(C2=CC(F)=CCC2F)(S(=O)(=O)c2ccc(C(F)(F)F)cc2)CC1. The van der Waals surface area contributed by atoms with Crippen LogP contribution in [0.1, 0.15) is 50.5 Å². The lowest BCUT2D eigenvalue weighted by Crippen LogP contribution is -2.47. The monoisotopic (exact) mass is 478 g/mol. The maximum atomic E-state index is 14.9. The van der Waals surface area contributed by atoms with Crippen molar-refractivity contribution in [2.24, 2.45) is 5.92 Å². The van der Waals surface area contributed by atoms with Crippen molar-refractivity contribution >= 4 is 15.8 Å². The van der Waals surface area contributed by atoms with E-state index in [2.05, 4.69) is 0 Å². The summed E-state index contributed by atoms with van der Waals surface area (Å²) < 4.78 is 93.2. The van der Waals surface area contributed by atoms with Crippen LogP contribution in [0, 0.1) is 5.92 Å². The van der Waals surface area contributed by atoms with Crippen molar-refractivity contribution in [2.75, 3.05) is 0 Å². The van der Waals surface area contributed by atoms with Crippen LogP contribution in [0.25, 0.3) is 0 Å². The van der Waals surface area contributed by atoms with Crippen molar-refractivity contribution in [3.05, 3.63) is 53.4 Å². The van der Waals surface area contributed by atoms with Gasteiger partial charge in [0.15, 0.2) is 9.84 Å². The van der Waals surface area contributed by atoms with Crippen molar-refractivity contribution in [1.29, 1.82) is 0 Å². The molecular formula is C22H23F5O4S. The van der Waals surface area contributed by atoms with Gasteiger partial charge < -0.3 is 5.11 Å². The Balaban J connectivity index is 2.02. The van der Waals surface area contributed by atoms with Gasteiger partial charge in [-0.15, -0.1) is 0 Å². The minimum Gasteiger partial charge on any atom is -0.481 e. The molecule has 2 aliphatic rings. The van der Waals surface area contributed by atoms with Crippen LogP contribution < -0.4 is 0 Å². The van der Waals surface area contributed by atoms with Crippen LogP contribution in [-0.2, 0) is 20.8 Å². The number of alkyl halides is 4. The Bertz CT molecular complexity index is 1020. The second-order valence-corrected chi connectivity index (χ2v) is 10.5. The van der Waals surface area contributed by atoms with Gasteiger partial charge in [-0.25, -0.2) is 17.2 Å². The first kappa shape index (κ1) is 24.4. The van der Waals surface area contributed by atoms with Crippen molar-refractivity contribution in [2.45, 2.75) is 66.9 Å². The van der Waals surface area contributed by atoms with Crippen LogP contribution in [0.5, 0.6) is 0 Å². The number of rotatable bonds is 6. The van der Waals surface area contributed by atoms with E-state index >= 15 is 0 Å².